The molecule has 3 aromatic rings. The van der Waals surface area contributed by atoms with Crippen LogP contribution < -0.4 is 14.3 Å². The van der Waals surface area contributed by atoms with Crippen LogP contribution in [0.1, 0.15) is 29.8 Å². The van der Waals surface area contributed by atoms with Gasteiger partial charge in [0.05, 0.1) is 28.8 Å². The lowest BCUT2D eigenvalue weighted by Gasteiger charge is -2.03. The van der Waals surface area contributed by atoms with Gasteiger partial charge in [-0.1, -0.05) is 17.4 Å². The molecule has 2 heterocycles. The van der Waals surface area contributed by atoms with Crippen LogP contribution in [0.15, 0.2) is 41.4 Å². The van der Waals surface area contributed by atoms with E-state index >= 15 is 0 Å². The van der Waals surface area contributed by atoms with E-state index in [1.807, 2.05) is 23.6 Å². The molecule has 0 spiro atoms. The van der Waals surface area contributed by atoms with Gasteiger partial charge in [0, 0.05) is 6.54 Å². The Labute approximate surface area is 171 Å². The van der Waals surface area contributed by atoms with Crippen molar-refractivity contribution >= 4 is 33.4 Å². The van der Waals surface area contributed by atoms with Gasteiger partial charge in [-0.05, 0) is 49.7 Å². The number of hydrogen-bond acceptors (Lipinski definition) is 6. The second-order valence-corrected chi connectivity index (χ2v) is 7.41. The maximum absolute atomic E-state index is 12.6. The number of carbonyl (C=O) groups is 2. The number of thiazole rings is 1. The average Bonchev–Trinajstić information content (AvgIpc) is 3.30. The highest BCUT2D eigenvalue weighted by Gasteiger charge is 2.15. The van der Waals surface area contributed by atoms with E-state index in [0.717, 1.165) is 15.8 Å². The molecule has 0 bridgehead atoms. The molecule has 0 saturated heterocycles. The zero-order valence-electron chi connectivity index (χ0n) is 16.1. The van der Waals surface area contributed by atoms with Gasteiger partial charge >= 0.3 is 5.97 Å². The van der Waals surface area contributed by atoms with Crippen molar-refractivity contribution in [3.63, 3.8) is 0 Å². The van der Waals surface area contributed by atoms with Crippen molar-refractivity contribution in [2.45, 2.75) is 26.8 Å². The van der Waals surface area contributed by atoms with Gasteiger partial charge in [0.2, 0.25) is 6.79 Å². The van der Waals surface area contributed by atoms with E-state index in [0.29, 0.717) is 35.0 Å². The molecule has 2 aromatic carbocycles. The van der Waals surface area contributed by atoms with Crippen LogP contribution in [0, 0.1) is 0 Å². The number of rotatable bonds is 5. The predicted octanol–water partition coefficient (Wildman–Crippen LogP) is 3.30. The highest BCUT2D eigenvalue weighted by molar-refractivity contribution is 7.16. The quantitative estimate of drug-likeness (QED) is 0.601. The van der Waals surface area contributed by atoms with Gasteiger partial charge in [-0.2, -0.15) is 4.99 Å². The molecule has 29 heavy (non-hydrogen) atoms. The van der Waals surface area contributed by atoms with Gasteiger partial charge in [-0.25, -0.2) is 4.79 Å². The van der Waals surface area contributed by atoms with E-state index in [1.54, 1.807) is 31.2 Å². The molecular formula is C21H20N2O5S. The highest BCUT2D eigenvalue weighted by Crippen LogP contribution is 2.32. The van der Waals surface area contributed by atoms with Crippen LogP contribution in [-0.2, 0) is 22.5 Å². The summed E-state index contributed by atoms with van der Waals surface area (Å²) in [4.78, 5) is 29.5. The lowest BCUT2D eigenvalue weighted by molar-refractivity contribution is -0.117. The third-order valence-corrected chi connectivity index (χ3v) is 5.56. The van der Waals surface area contributed by atoms with Crippen molar-refractivity contribution in [3.05, 3.63) is 52.3 Å². The summed E-state index contributed by atoms with van der Waals surface area (Å²) in [5.41, 5.74) is 2.24. The van der Waals surface area contributed by atoms with Crippen LogP contribution in [-0.4, -0.2) is 29.8 Å². The molecule has 0 fully saturated rings. The van der Waals surface area contributed by atoms with E-state index in [2.05, 4.69) is 4.99 Å². The zero-order valence-corrected chi connectivity index (χ0v) is 17.0. The Bertz CT molecular complexity index is 1160. The minimum atomic E-state index is -0.358. The Kier molecular flexibility index (Phi) is 5.35. The second-order valence-electron chi connectivity index (χ2n) is 6.40. The smallest absolute Gasteiger partial charge is 0.338 e. The fraction of sp³-hybridized carbons (Fsp3) is 0.286. The summed E-state index contributed by atoms with van der Waals surface area (Å²) in [7, 11) is 0. The molecule has 0 atom stereocenters. The third kappa shape index (κ3) is 3.88. The fourth-order valence-corrected chi connectivity index (χ4v) is 4.33. The number of amides is 1. The summed E-state index contributed by atoms with van der Waals surface area (Å²) in [6.45, 7) is 4.95. The molecule has 1 amide bonds. The molecule has 7 nitrogen and oxygen atoms in total. The summed E-state index contributed by atoms with van der Waals surface area (Å²) in [6.07, 6.45) is 0.169. The monoisotopic (exact) mass is 412 g/mol. The van der Waals surface area contributed by atoms with Gasteiger partial charge in [-0.15, -0.1) is 0 Å². The molecule has 1 aliphatic rings. The first-order valence-electron chi connectivity index (χ1n) is 9.35. The van der Waals surface area contributed by atoms with Crippen molar-refractivity contribution in [1.82, 2.24) is 4.57 Å². The van der Waals surface area contributed by atoms with Crippen molar-refractivity contribution in [2.24, 2.45) is 4.99 Å². The number of aryl methyl sites for hydroxylation is 1. The van der Waals surface area contributed by atoms with Crippen LogP contribution in [0.3, 0.4) is 0 Å². The Morgan fingerprint density at radius 1 is 1.14 bits per heavy atom. The van der Waals surface area contributed by atoms with E-state index in [9.17, 15) is 9.59 Å². The molecule has 0 radical (unpaired) electrons. The first-order valence-corrected chi connectivity index (χ1v) is 10.2. The lowest BCUT2D eigenvalue weighted by atomic mass is 10.1. The number of nitrogens with zero attached hydrogens (tertiary/aromatic N) is 2. The SMILES string of the molecule is CCOC(=O)c1ccc2c(c1)sc(=NC(=O)Cc1ccc3c(c1)OCO3)n2CC. The van der Waals surface area contributed by atoms with Gasteiger partial charge in [0.15, 0.2) is 16.3 Å². The van der Waals surface area contributed by atoms with Gasteiger partial charge in [-0.3, -0.25) is 4.79 Å². The van der Waals surface area contributed by atoms with E-state index in [4.69, 9.17) is 14.2 Å². The summed E-state index contributed by atoms with van der Waals surface area (Å²) in [5, 5.41) is 0. The van der Waals surface area contributed by atoms with Crippen LogP contribution in [0.5, 0.6) is 11.5 Å². The molecule has 0 aliphatic carbocycles. The number of fused-ring (bicyclic) bond motifs is 2. The summed E-state index contributed by atoms with van der Waals surface area (Å²) in [6, 6.07) is 10.8. The summed E-state index contributed by atoms with van der Waals surface area (Å²) in [5.74, 6) is 0.725. The number of esters is 1. The Hall–Kier alpha value is -3.13. The van der Waals surface area contributed by atoms with E-state index in [-0.39, 0.29) is 25.1 Å². The Morgan fingerprint density at radius 3 is 2.76 bits per heavy atom. The van der Waals surface area contributed by atoms with Crippen LogP contribution in [0.2, 0.25) is 0 Å². The van der Waals surface area contributed by atoms with E-state index < -0.39 is 0 Å². The molecule has 4 rings (SSSR count). The van der Waals surface area contributed by atoms with Crippen LogP contribution >= 0.6 is 11.3 Å². The number of aromatic nitrogens is 1. The predicted molar refractivity (Wildman–Crippen MR) is 108 cm³/mol. The van der Waals surface area contributed by atoms with Gasteiger partial charge in [0.25, 0.3) is 5.91 Å². The largest absolute Gasteiger partial charge is 0.462 e. The summed E-state index contributed by atoms with van der Waals surface area (Å²) >= 11 is 1.38. The molecule has 1 aromatic heterocycles. The van der Waals surface area contributed by atoms with Gasteiger partial charge in [0.1, 0.15) is 0 Å². The molecule has 150 valence electrons. The van der Waals surface area contributed by atoms with Crippen molar-refractivity contribution in [3.8, 4) is 11.5 Å². The second kappa shape index (κ2) is 8.08. The minimum Gasteiger partial charge on any atom is -0.462 e. The summed E-state index contributed by atoms with van der Waals surface area (Å²) < 4.78 is 18.6. The van der Waals surface area contributed by atoms with Gasteiger partial charge < -0.3 is 18.8 Å². The maximum atomic E-state index is 12.6. The number of carbonyl (C=O) groups excluding carboxylic acids is 2. The minimum absolute atomic E-state index is 0.169. The first kappa shape index (κ1) is 19.2. The number of ether oxygens (including phenoxy) is 3. The molecule has 0 N–H and O–H groups in total. The molecular weight excluding hydrogens is 392 g/mol. The number of benzene rings is 2. The average molecular weight is 412 g/mol. The van der Waals surface area contributed by atoms with Crippen molar-refractivity contribution in [1.29, 1.82) is 0 Å². The van der Waals surface area contributed by atoms with Crippen LogP contribution in [0.25, 0.3) is 10.2 Å². The number of hydrogen-bond donors (Lipinski definition) is 0. The molecule has 0 saturated carbocycles. The van der Waals surface area contributed by atoms with E-state index in [1.165, 1.54) is 11.3 Å². The fourth-order valence-electron chi connectivity index (χ4n) is 3.18. The third-order valence-electron chi connectivity index (χ3n) is 4.52. The van der Waals surface area contributed by atoms with Crippen LogP contribution in [0.4, 0.5) is 0 Å². The Balaban J connectivity index is 1.64. The molecule has 8 heteroatoms. The first-order chi connectivity index (χ1) is 14.1. The van der Waals surface area contributed by atoms with Crippen molar-refractivity contribution < 1.29 is 23.8 Å². The Morgan fingerprint density at radius 2 is 1.97 bits per heavy atom. The zero-order chi connectivity index (χ0) is 20.4. The normalized spacial score (nSPS) is 13.1. The van der Waals surface area contributed by atoms with Crippen molar-refractivity contribution in [2.75, 3.05) is 13.4 Å². The lowest BCUT2D eigenvalue weighted by Crippen LogP contribution is -2.16. The highest BCUT2D eigenvalue weighted by atomic mass is 32.1. The molecule has 1 aliphatic heterocycles. The standard InChI is InChI=1S/C21H20N2O5S/c1-3-23-15-7-6-14(20(25)26-4-2)11-18(15)29-21(23)22-19(24)10-13-5-8-16-17(9-13)28-12-27-16/h5-9,11H,3-4,10,12H2,1-2H3. The molecule has 0 unspecified atom stereocenters. The maximum Gasteiger partial charge on any atom is 0.338 e. The topological polar surface area (TPSA) is 79.1 Å².